The Labute approximate surface area is 917 Å². The number of fused-ring (bicyclic) bond motifs is 3. The molecule has 0 aliphatic carbocycles. The molecule has 48 heteroatoms. The number of aromatic nitrogens is 21. The summed E-state index contributed by atoms with van der Waals surface area (Å²) in [7, 11) is 4.48. The third-order valence-corrected chi connectivity index (χ3v) is 19.1. The molecule has 0 radical (unpaired) electrons. The minimum Gasteiger partial charge on any atom is -1.00 e. The molecule has 128 heavy (non-hydrogen) atoms. The van der Waals surface area contributed by atoms with Crippen LogP contribution in [-0.2, 0) is 91.0 Å². The van der Waals surface area contributed by atoms with Gasteiger partial charge in [0, 0.05) is 149 Å². The molecule has 0 fully saturated rings. The summed E-state index contributed by atoms with van der Waals surface area (Å²) in [6, 6.07) is 12.9. The maximum atomic E-state index is 12.7. The van der Waals surface area contributed by atoms with E-state index < -0.39 is 55.3 Å². The van der Waals surface area contributed by atoms with Crippen molar-refractivity contribution in [2.75, 3.05) is 22.2 Å². The Morgan fingerprint density at radius 3 is 1.33 bits per heavy atom. The van der Waals surface area contributed by atoms with Crippen molar-refractivity contribution in [3.8, 4) is 70.3 Å². The molecule has 0 bridgehead atoms. The molecule has 0 saturated heterocycles. The molecule has 14 heterocycles. The number of halogens is 8. The number of aryl methyl sites for hydroxylation is 6. The van der Waals surface area contributed by atoms with E-state index in [0.717, 1.165) is 84.4 Å². The monoisotopic (exact) mass is 2550 g/mol. The first-order chi connectivity index (χ1) is 58.9. The number of carbonyl (C=O) groups is 4. The molecule has 14 rings (SSSR count). The van der Waals surface area contributed by atoms with Crippen LogP contribution in [-0.4, -0.2) is 178 Å². The average Bonchev–Trinajstić information content (AvgIpc) is 1.61. The normalized spacial score (nSPS) is 10.3. The van der Waals surface area contributed by atoms with Crippen molar-refractivity contribution in [1.29, 1.82) is 0 Å². The molecule has 0 aliphatic rings. The van der Waals surface area contributed by atoms with E-state index in [-0.39, 0.29) is 111 Å². The average molecular weight is 2560 g/mol. The Hall–Kier alpha value is -6.18. The van der Waals surface area contributed by atoms with Crippen molar-refractivity contribution in [2.45, 2.75) is 93.0 Å². The van der Waals surface area contributed by atoms with Crippen LogP contribution in [0.5, 0.6) is 0 Å². The van der Waals surface area contributed by atoms with Gasteiger partial charge < -0.3 is 35.5 Å². The summed E-state index contributed by atoms with van der Waals surface area (Å²) in [5.41, 5.74) is 7.78. The summed E-state index contributed by atoms with van der Waals surface area (Å²) < 4.78 is 86.8. The number of anilines is 1. The molecule has 0 atom stereocenters. The Morgan fingerprint density at radius 2 is 0.953 bits per heavy atom. The number of pyridine rings is 4. The van der Waals surface area contributed by atoms with Crippen LogP contribution in [0.2, 0.25) is 0 Å². The summed E-state index contributed by atoms with van der Waals surface area (Å²) in [5.74, 6) is 10.4. The number of hydrogen-bond acceptors (Lipinski definition) is 25. The number of nitrogens with one attached hydrogen (secondary N) is 3. The first kappa shape index (κ1) is 120. The summed E-state index contributed by atoms with van der Waals surface area (Å²) in [5, 5.41) is 41.7. The number of nitrogens with zero attached hydrogens (tertiary/aromatic N) is 19. The summed E-state index contributed by atoms with van der Waals surface area (Å²) in [6.45, 7) is 18.8. The fourth-order valence-electron chi connectivity index (χ4n) is 9.28. The van der Waals surface area contributed by atoms with E-state index in [4.69, 9.17) is 30.7 Å². The molecule has 14 aromatic heterocycles. The topological polar surface area (TPSA) is 431 Å². The summed E-state index contributed by atoms with van der Waals surface area (Å²) in [6.07, 6.45) is 41.5. The Kier molecular flexibility index (Phi) is 55.0. The van der Waals surface area contributed by atoms with E-state index in [1.54, 1.807) is 174 Å². The first-order valence-electron chi connectivity index (χ1n) is 35.8. The molecular weight excluding hydrogens is 2460 g/mol. The maximum Gasteiger partial charge on any atom is 1.00 e. The second-order valence-corrected chi connectivity index (χ2v) is 38.4. The second-order valence-electron chi connectivity index (χ2n) is 28.0. The number of carbonyl (C=O) groups excluding carboxylic acids is 4. The molecule has 0 spiro atoms. The van der Waals surface area contributed by atoms with E-state index in [2.05, 4.69) is 248 Å². The van der Waals surface area contributed by atoms with Crippen LogP contribution in [0.3, 0.4) is 0 Å². The van der Waals surface area contributed by atoms with Gasteiger partial charge in [-0.1, -0.05) is 34.4 Å². The van der Waals surface area contributed by atoms with Crippen LogP contribution in [0.15, 0.2) is 172 Å². The minimum atomic E-state index is -3.44. The molecule has 36 nitrogen and oxygen atoms in total. The molecule has 3 N–H and O–H groups in total. The number of H-pyrrole nitrogens is 2. The Bertz CT molecular complexity index is 6230. The van der Waals surface area contributed by atoms with Crippen molar-refractivity contribution < 1.29 is 169 Å². The Morgan fingerprint density at radius 1 is 0.539 bits per heavy atom. The van der Waals surface area contributed by atoms with Gasteiger partial charge >= 0.3 is 121 Å². The van der Waals surface area contributed by atoms with Gasteiger partial charge in [-0.25, -0.2) is 59.7 Å². The molecule has 0 unspecified atom stereocenters. The van der Waals surface area contributed by atoms with Gasteiger partial charge in [0.1, 0.15) is 35.2 Å². The third kappa shape index (κ3) is 46.5. The van der Waals surface area contributed by atoms with Gasteiger partial charge in [-0.15, -0.1) is 24.7 Å². The van der Waals surface area contributed by atoms with Crippen LogP contribution in [0.1, 0.15) is 88.7 Å². The minimum absolute atomic E-state index is 0. The fraction of sp³-hybridized carbons (Fsp3) is 0.287. The van der Waals surface area contributed by atoms with Gasteiger partial charge in [-0.2, -0.15) is 35.7 Å². The number of hydrogen-bond donors (Lipinski definition) is 3. The number of ether oxygens (including phenoxy) is 4. The van der Waals surface area contributed by atoms with E-state index in [0.29, 0.717) is 30.7 Å². The van der Waals surface area contributed by atoms with E-state index in [1.807, 2.05) is 152 Å². The van der Waals surface area contributed by atoms with Crippen LogP contribution in [0.25, 0.3) is 66.5 Å². The molecule has 0 amide bonds. The third-order valence-electron chi connectivity index (χ3n) is 13.7. The SMILES string of the molecule is C#CC.C#Cc1cnn(C)c1.CC#Cc1cnn(C)c1.CC(C)(C)OC(=O)OC(=O)OC(C)(C)C.CI.CS(=O)(=O)Nc1cc(Br)ncc1I.Cn1cc(-c2cc3cnc(Br)cc3[nH]2)cn1.Cn1cc(-c2cc3cnc(Br)cc3n2C(=O)OC(C)(C)C)cn1.Cn1cc(-c2cc3cnc(Br)cc3n2S(C)(=O)=O)cn1.Cn1cc(I)cn1.Ic1cn[nH]c1.O=CO[O-].[H-].[K+].[K+]. The quantitative estimate of drug-likeness (QED) is 0.0114. The zero-order chi connectivity index (χ0) is 95.2. The molecule has 0 aromatic carbocycles. The molecule has 0 aliphatic heterocycles. The number of rotatable bonds is 7. The maximum absolute atomic E-state index is 12.7. The van der Waals surface area contributed by atoms with Gasteiger partial charge in [0.2, 0.25) is 20.0 Å². The van der Waals surface area contributed by atoms with Gasteiger partial charge in [0.15, 0.2) is 0 Å². The van der Waals surface area contributed by atoms with Gasteiger partial charge in [0.05, 0.1) is 111 Å². The summed E-state index contributed by atoms with van der Waals surface area (Å²) >= 11 is 21.7. The largest absolute Gasteiger partial charge is 1.00 e. The fourth-order valence-corrected chi connectivity index (χ4v) is 13.6. The zero-order valence-electron chi connectivity index (χ0n) is 74.7. The molecular formula is C80H92Br4I4K2N22O14S2. The van der Waals surface area contributed by atoms with Crippen molar-refractivity contribution >= 4 is 237 Å². The smallest absolute Gasteiger partial charge is 1.00 e. The van der Waals surface area contributed by atoms with Gasteiger partial charge in [0.25, 0.3) is 6.47 Å². The van der Waals surface area contributed by atoms with E-state index >= 15 is 0 Å². The van der Waals surface area contributed by atoms with E-state index in [1.165, 1.54) is 13.8 Å². The van der Waals surface area contributed by atoms with E-state index in [9.17, 15) is 31.2 Å². The number of terminal acetylenes is 2. The second kappa shape index (κ2) is 58.8. The predicted molar refractivity (Wildman–Crippen MR) is 531 cm³/mol. The van der Waals surface area contributed by atoms with Crippen molar-refractivity contribution in [1.82, 2.24) is 102 Å². The first-order valence-corrected chi connectivity index (χ1v) is 48.1. The van der Waals surface area contributed by atoms with Crippen molar-refractivity contribution in [3.63, 3.8) is 0 Å². The van der Waals surface area contributed by atoms with Gasteiger partial charge in [-0.3, -0.25) is 42.7 Å². The number of alkyl halides is 1. The zero-order valence-corrected chi connectivity index (χ0v) is 96.6. The number of sulfonamides is 1. The standard InChI is InChI=1S/C16H17BrN4O2.C12H11BrN4O2S.C11H9BrN4.C10H18O5.C7H8N2.C6H6BrIN2O2S.C6H6N2.C4H5IN2.C3H3IN2.C3H4.CH3I.CH2O3.2K.H/c1-16(2,3)23-15(22)21-12(11-8-19-20(4)9-11)5-10-7-18-14(17)6-13(10)21;1-16-7-9(6-15-16)10-3-8-5-14-12(13)4-11(8)17(10)20(2,18)19;1-16-6-8(5-14-16)9-2-7-4-13-11(12)3-10(7)15-9;1-9(2,3)14-7(11)13-8(12)15-10(4,5)6;1-3-4-7-5-8-9(2)6-7;1-13(11,12)10-5-2-6(7)9-3-4(5)8;1-3-6-4-7-8(2)5-6;1-7-3-4(5)2-6-7;4-3-1-5-6-2-3;1-3-2;1-2;2-1-4-3;;;/h5-9H,1-4H3;3-7H,1-2H3;2-6,15H,1H3;1-6H3;5-6H,1-2H3;2-3H,1H3,(H,9,10);1,4-5H,2H3;2-3H,1H3;1-2H,(H,5,6);1H,2H3;1H3;1,3H;;;/q;;;;;;;;;;;;2*+1;-1/p-1. The molecule has 676 valence electrons. The van der Waals surface area contributed by atoms with Crippen molar-refractivity contribution in [3.05, 3.63) is 194 Å². The Balaban J connectivity index is 0.00000144. The van der Waals surface area contributed by atoms with Crippen LogP contribution < -0.4 is 113 Å². The van der Waals surface area contributed by atoms with Gasteiger partial charge in [-0.05, 0) is 255 Å². The molecule has 0 saturated carbocycles. The van der Waals surface area contributed by atoms with Crippen LogP contribution >= 0.6 is 154 Å². The summed E-state index contributed by atoms with van der Waals surface area (Å²) in [4.78, 5) is 67.8. The number of aromatic amines is 2. The van der Waals surface area contributed by atoms with Crippen molar-refractivity contribution in [2.24, 2.45) is 42.3 Å². The van der Waals surface area contributed by atoms with Crippen LogP contribution in [0, 0.1) is 47.2 Å². The van der Waals surface area contributed by atoms with Crippen LogP contribution in [0.4, 0.5) is 20.1 Å². The predicted octanol–water partition coefficient (Wildman–Crippen LogP) is 10.9. The molecule has 14 aromatic rings.